The van der Waals surface area contributed by atoms with E-state index in [1.54, 1.807) is 30.0 Å². The van der Waals surface area contributed by atoms with E-state index in [1.807, 2.05) is 6.92 Å². The summed E-state index contributed by atoms with van der Waals surface area (Å²) in [5.41, 5.74) is 1.61. The molecule has 1 aliphatic rings. The van der Waals surface area contributed by atoms with Crippen LogP contribution in [0.5, 0.6) is 0 Å². The number of esters is 1. The van der Waals surface area contributed by atoms with E-state index in [9.17, 15) is 9.59 Å². The molecule has 0 N–H and O–H groups in total. The van der Waals surface area contributed by atoms with Gasteiger partial charge in [-0.15, -0.1) is 0 Å². The highest BCUT2D eigenvalue weighted by molar-refractivity contribution is 6.30. The summed E-state index contributed by atoms with van der Waals surface area (Å²) >= 11 is 5.95. The zero-order valence-corrected chi connectivity index (χ0v) is 12.4. The molecule has 4 nitrogen and oxygen atoms in total. The zero-order chi connectivity index (χ0) is 14.7. The smallest absolute Gasteiger partial charge is 0.329 e. The average Bonchev–Trinajstić information content (AvgIpc) is 2.40. The summed E-state index contributed by atoms with van der Waals surface area (Å²) in [4.78, 5) is 25.9. The molecule has 108 valence electrons. The Morgan fingerprint density at radius 1 is 1.50 bits per heavy atom. The van der Waals surface area contributed by atoms with Crippen LogP contribution >= 0.6 is 11.6 Å². The standard InChI is InChI=1S/C15H18ClNO3/c1-3-20-15(19)13-5-4-6-14(18)17(13)12-8-7-11(16)9-10(12)2/h7-9,13H,3-6H2,1-2H3. The molecule has 1 atom stereocenters. The Balaban J connectivity index is 2.37. The third-order valence-electron chi connectivity index (χ3n) is 3.43. The van der Waals surface area contributed by atoms with Gasteiger partial charge in [0.2, 0.25) is 5.91 Å². The number of hydrogen-bond acceptors (Lipinski definition) is 3. The number of benzene rings is 1. The Kier molecular flexibility index (Phi) is 4.65. The van der Waals surface area contributed by atoms with E-state index in [2.05, 4.69) is 0 Å². The molecule has 0 aromatic heterocycles. The van der Waals surface area contributed by atoms with Gasteiger partial charge in [0.05, 0.1) is 6.61 Å². The van der Waals surface area contributed by atoms with Gasteiger partial charge in [-0.3, -0.25) is 9.69 Å². The molecule has 2 rings (SSSR count). The lowest BCUT2D eigenvalue weighted by molar-refractivity contribution is -0.146. The first-order valence-corrected chi connectivity index (χ1v) is 7.17. The monoisotopic (exact) mass is 295 g/mol. The zero-order valence-electron chi connectivity index (χ0n) is 11.7. The number of piperidine rings is 1. The van der Waals surface area contributed by atoms with Crippen LogP contribution < -0.4 is 4.90 Å². The van der Waals surface area contributed by atoms with Crippen molar-refractivity contribution in [2.45, 2.75) is 39.2 Å². The van der Waals surface area contributed by atoms with Crippen molar-refractivity contribution in [3.05, 3.63) is 28.8 Å². The summed E-state index contributed by atoms with van der Waals surface area (Å²) in [7, 11) is 0. The summed E-state index contributed by atoms with van der Waals surface area (Å²) in [6, 6.07) is 4.78. The minimum atomic E-state index is -0.531. The number of hydrogen-bond donors (Lipinski definition) is 0. The number of rotatable bonds is 3. The highest BCUT2D eigenvalue weighted by Gasteiger charge is 2.35. The van der Waals surface area contributed by atoms with Crippen LogP contribution in [0.2, 0.25) is 5.02 Å². The second-order valence-electron chi connectivity index (χ2n) is 4.85. The molecule has 1 aromatic carbocycles. The lowest BCUT2D eigenvalue weighted by atomic mass is 9.99. The SMILES string of the molecule is CCOC(=O)C1CCCC(=O)N1c1ccc(Cl)cc1C. The van der Waals surface area contributed by atoms with Crippen LogP contribution in [0.1, 0.15) is 31.7 Å². The molecule has 1 heterocycles. The van der Waals surface area contributed by atoms with Crippen molar-refractivity contribution in [1.29, 1.82) is 0 Å². The van der Waals surface area contributed by atoms with Gasteiger partial charge >= 0.3 is 5.97 Å². The Morgan fingerprint density at radius 3 is 2.90 bits per heavy atom. The predicted molar refractivity (Wildman–Crippen MR) is 77.9 cm³/mol. The fourth-order valence-corrected chi connectivity index (χ4v) is 2.75. The fourth-order valence-electron chi connectivity index (χ4n) is 2.52. The molecule has 0 spiro atoms. The van der Waals surface area contributed by atoms with Crippen LogP contribution in [0.3, 0.4) is 0 Å². The molecule has 1 fully saturated rings. The van der Waals surface area contributed by atoms with Crippen LogP contribution in [0.25, 0.3) is 0 Å². The number of amides is 1. The van der Waals surface area contributed by atoms with Crippen LogP contribution in [0.15, 0.2) is 18.2 Å². The Morgan fingerprint density at radius 2 is 2.25 bits per heavy atom. The molecule has 0 bridgehead atoms. The summed E-state index contributed by atoms with van der Waals surface area (Å²) in [6.07, 6.45) is 1.80. The van der Waals surface area contributed by atoms with Crippen LogP contribution in [0.4, 0.5) is 5.69 Å². The topological polar surface area (TPSA) is 46.6 Å². The average molecular weight is 296 g/mol. The minimum absolute atomic E-state index is 0.0419. The molecule has 1 saturated heterocycles. The molecule has 0 aliphatic carbocycles. The van der Waals surface area contributed by atoms with Crippen molar-refractivity contribution in [3.8, 4) is 0 Å². The van der Waals surface area contributed by atoms with Crippen LogP contribution in [-0.4, -0.2) is 24.5 Å². The van der Waals surface area contributed by atoms with Gasteiger partial charge in [0.25, 0.3) is 0 Å². The largest absolute Gasteiger partial charge is 0.464 e. The van der Waals surface area contributed by atoms with Gasteiger partial charge in [-0.05, 0) is 50.5 Å². The number of nitrogens with zero attached hydrogens (tertiary/aromatic N) is 1. The summed E-state index contributed by atoms with van der Waals surface area (Å²) in [6.45, 7) is 3.96. The number of anilines is 1. The molecule has 0 radical (unpaired) electrons. The van der Waals surface area contributed by atoms with E-state index in [1.165, 1.54) is 0 Å². The highest BCUT2D eigenvalue weighted by Crippen LogP contribution is 2.30. The Bertz CT molecular complexity index is 530. The number of carbonyl (C=O) groups excluding carboxylic acids is 2. The van der Waals surface area contributed by atoms with Crippen molar-refractivity contribution in [3.63, 3.8) is 0 Å². The van der Waals surface area contributed by atoms with Crippen LogP contribution in [-0.2, 0) is 14.3 Å². The van der Waals surface area contributed by atoms with Gasteiger partial charge in [0.15, 0.2) is 0 Å². The third-order valence-corrected chi connectivity index (χ3v) is 3.66. The van der Waals surface area contributed by atoms with Gasteiger partial charge < -0.3 is 4.74 Å². The van der Waals surface area contributed by atoms with E-state index in [4.69, 9.17) is 16.3 Å². The normalized spacial score (nSPS) is 19.1. The Hall–Kier alpha value is -1.55. The van der Waals surface area contributed by atoms with Gasteiger partial charge in [0.1, 0.15) is 6.04 Å². The first-order chi connectivity index (χ1) is 9.54. The first kappa shape index (κ1) is 14.9. The number of ether oxygens (including phenoxy) is 1. The van der Waals surface area contributed by atoms with Crippen molar-refractivity contribution in [2.75, 3.05) is 11.5 Å². The molecular formula is C15H18ClNO3. The quantitative estimate of drug-likeness (QED) is 0.805. The molecule has 1 aromatic rings. The second-order valence-corrected chi connectivity index (χ2v) is 5.29. The lowest BCUT2D eigenvalue weighted by Crippen LogP contribution is -2.49. The van der Waals surface area contributed by atoms with Crippen molar-refractivity contribution >= 4 is 29.2 Å². The van der Waals surface area contributed by atoms with E-state index in [0.29, 0.717) is 30.9 Å². The second kappa shape index (κ2) is 6.27. The maximum atomic E-state index is 12.2. The lowest BCUT2D eigenvalue weighted by Gasteiger charge is -2.34. The first-order valence-electron chi connectivity index (χ1n) is 6.79. The fraction of sp³-hybridized carbons (Fsp3) is 0.467. The summed E-state index contributed by atoms with van der Waals surface area (Å²) < 4.78 is 5.09. The van der Waals surface area contributed by atoms with E-state index < -0.39 is 6.04 Å². The van der Waals surface area contributed by atoms with Gasteiger partial charge in [-0.1, -0.05) is 11.6 Å². The number of carbonyl (C=O) groups is 2. The molecule has 1 amide bonds. The van der Waals surface area contributed by atoms with E-state index in [0.717, 1.165) is 11.3 Å². The molecule has 5 heteroatoms. The van der Waals surface area contributed by atoms with Crippen molar-refractivity contribution in [1.82, 2.24) is 0 Å². The molecule has 1 unspecified atom stereocenters. The molecule has 1 aliphatic heterocycles. The highest BCUT2D eigenvalue weighted by atomic mass is 35.5. The summed E-state index contributed by atoms with van der Waals surface area (Å²) in [5.74, 6) is -0.380. The van der Waals surface area contributed by atoms with Crippen molar-refractivity contribution < 1.29 is 14.3 Å². The third kappa shape index (κ3) is 2.96. The summed E-state index contributed by atoms with van der Waals surface area (Å²) in [5, 5.41) is 0.614. The number of halogens is 1. The van der Waals surface area contributed by atoms with E-state index >= 15 is 0 Å². The minimum Gasteiger partial charge on any atom is -0.464 e. The Labute approximate surface area is 123 Å². The van der Waals surface area contributed by atoms with E-state index in [-0.39, 0.29) is 11.9 Å². The maximum Gasteiger partial charge on any atom is 0.329 e. The predicted octanol–water partition coefficient (Wildman–Crippen LogP) is 3.10. The van der Waals surface area contributed by atoms with Gasteiger partial charge in [-0.25, -0.2) is 4.79 Å². The van der Waals surface area contributed by atoms with Gasteiger partial charge in [-0.2, -0.15) is 0 Å². The maximum absolute atomic E-state index is 12.2. The molecule has 0 saturated carbocycles. The molecule has 20 heavy (non-hydrogen) atoms. The molecular weight excluding hydrogens is 278 g/mol. The van der Waals surface area contributed by atoms with Gasteiger partial charge in [0, 0.05) is 17.1 Å². The van der Waals surface area contributed by atoms with Crippen LogP contribution in [0, 0.1) is 6.92 Å². The number of aryl methyl sites for hydroxylation is 1. The van der Waals surface area contributed by atoms with Crippen molar-refractivity contribution in [2.24, 2.45) is 0 Å².